The molecule has 67 heavy (non-hydrogen) atoms. The first-order chi connectivity index (χ1) is 32.0. The van der Waals surface area contributed by atoms with Gasteiger partial charge in [0.1, 0.15) is 40.1 Å². The minimum atomic E-state index is -1.44. The van der Waals surface area contributed by atoms with Crippen LogP contribution in [0.5, 0.6) is 23.0 Å². The van der Waals surface area contributed by atoms with Crippen molar-refractivity contribution in [3.63, 3.8) is 0 Å². The van der Waals surface area contributed by atoms with Gasteiger partial charge in [0.25, 0.3) is 5.91 Å². The molecule has 4 aromatic carbocycles. The molecule has 18 nitrogen and oxygen atoms in total. The van der Waals surface area contributed by atoms with Crippen molar-refractivity contribution < 1.29 is 42.7 Å². The van der Waals surface area contributed by atoms with Gasteiger partial charge >= 0.3 is 12.0 Å². The summed E-state index contributed by atoms with van der Waals surface area (Å²) in [7, 11) is 1.53. The SMILES string of the molecule is COc1cc(Nc2cc(Oc3ccc(N(C(N)=O)c4cc(C(C)(C)C)cc(NS(C)=O)c4OC)c4ccccc34)ccn2)ccc1C(=O)NCCN1CCN(C(=O)CCC[C@H](N)C(=O)O)CC1. The zero-order valence-corrected chi connectivity index (χ0v) is 39.4. The topological polar surface area (TPSA) is 244 Å². The second kappa shape index (κ2) is 22.0. The number of aromatic nitrogens is 1. The zero-order chi connectivity index (χ0) is 48.4. The van der Waals surface area contributed by atoms with Gasteiger partial charge in [-0.3, -0.25) is 24.2 Å². The Kier molecular flexibility index (Phi) is 16.3. The van der Waals surface area contributed by atoms with E-state index in [1.165, 1.54) is 25.4 Å². The number of carbonyl (C=O) groups excluding carboxylic acids is 3. The number of nitrogens with zero attached hydrogens (tertiary/aromatic N) is 4. The molecule has 4 amide bonds. The molecular weight excluding hydrogens is 879 g/mol. The van der Waals surface area contributed by atoms with Gasteiger partial charge in [0.2, 0.25) is 5.91 Å². The summed E-state index contributed by atoms with van der Waals surface area (Å²) < 4.78 is 33.2. The van der Waals surface area contributed by atoms with Crippen LogP contribution < -0.4 is 45.9 Å². The van der Waals surface area contributed by atoms with Crippen molar-refractivity contribution >= 4 is 74.1 Å². The lowest BCUT2D eigenvalue weighted by atomic mass is 9.86. The van der Waals surface area contributed by atoms with E-state index in [-0.39, 0.29) is 30.1 Å². The number of carboxylic acids is 1. The number of nitrogens with one attached hydrogen (secondary N) is 3. The summed E-state index contributed by atoms with van der Waals surface area (Å²) in [6.45, 7) is 9.53. The smallest absolute Gasteiger partial charge is 0.324 e. The monoisotopic (exact) mass is 937 g/mol. The molecule has 356 valence electrons. The van der Waals surface area contributed by atoms with Crippen LogP contribution in [0, 0.1) is 0 Å². The summed E-state index contributed by atoms with van der Waals surface area (Å²) >= 11 is 0. The highest BCUT2D eigenvalue weighted by molar-refractivity contribution is 7.85. The highest BCUT2D eigenvalue weighted by atomic mass is 32.2. The van der Waals surface area contributed by atoms with E-state index in [0.29, 0.717) is 114 Å². The van der Waals surface area contributed by atoms with E-state index in [1.54, 1.807) is 53.6 Å². The largest absolute Gasteiger partial charge is 0.496 e. The highest BCUT2D eigenvalue weighted by Crippen LogP contribution is 2.46. The van der Waals surface area contributed by atoms with Crippen LogP contribution in [-0.4, -0.2) is 114 Å². The number of carbonyl (C=O) groups is 4. The van der Waals surface area contributed by atoms with Gasteiger partial charge in [-0.1, -0.05) is 45.0 Å². The zero-order valence-electron chi connectivity index (χ0n) is 38.6. The number of hydrogen-bond donors (Lipinski definition) is 6. The number of fused-ring (bicyclic) bond motifs is 1. The molecule has 2 heterocycles. The molecule has 0 radical (unpaired) electrons. The Bertz CT molecular complexity index is 2630. The lowest BCUT2D eigenvalue weighted by molar-refractivity contribution is -0.139. The number of rotatable bonds is 19. The van der Waals surface area contributed by atoms with Crippen LogP contribution in [0.3, 0.4) is 0 Å². The number of amides is 4. The van der Waals surface area contributed by atoms with Crippen LogP contribution in [0.2, 0.25) is 0 Å². The summed E-state index contributed by atoms with van der Waals surface area (Å²) in [6.07, 6.45) is 4.05. The first kappa shape index (κ1) is 49.5. The fraction of sp³-hybridized carbons (Fsp3) is 0.354. The normalized spacial score (nSPS) is 13.9. The van der Waals surface area contributed by atoms with Crippen LogP contribution >= 0.6 is 0 Å². The molecule has 1 aromatic heterocycles. The average Bonchev–Trinajstić information content (AvgIpc) is 3.29. The van der Waals surface area contributed by atoms with Crippen molar-refractivity contribution in [3.8, 4) is 23.0 Å². The van der Waals surface area contributed by atoms with Gasteiger partial charge in [-0.25, -0.2) is 14.0 Å². The van der Waals surface area contributed by atoms with E-state index in [4.69, 9.17) is 30.8 Å². The number of carboxylic acid groups (broad SMARTS) is 1. The quantitative estimate of drug-likeness (QED) is 0.0521. The molecule has 0 bridgehead atoms. The Morgan fingerprint density at radius 2 is 1.64 bits per heavy atom. The summed E-state index contributed by atoms with van der Waals surface area (Å²) in [5, 5.41) is 16.5. The molecule has 5 aromatic rings. The first-order valence-electron chi connectivity index (χ1n) is 21.8. The van der Waals surface area contributed by atoms with Crippen molar-refractivity contribution in [2.24, 2.45) is 11.5 Å². The first-order valence-corrected chi connectivity index (χ1v) is 23.3. The Morgan fingerprint density at radius 3 is 2.30 bits per heavy atom. The van der Waals surface area contributed by atoms with Crippen molar-refractivity contribution in [2.75, 3.05) is 74.7 Å². The van der Waals surface area contributed by atoms with Crippen molar-refractivity contribution in [2.45, 2.75) is 51.5 Å². The molecule has 2 atom stereocenters. The van der Waals surface area contributed by atoms with Crippen LogP contribution in [0.15, 0.2) is 85.1 Å². The van der Waals surface area contributed by atoms with Gasteiger partial charge in [-0.15, -0.1) is 0 Å². The summed E-state index contributed by atoms with van der Waals surface area (Å²) in [5.74, 6) is 0.717. The Hall–Kier alpha value is -6.96. The average molecular weight is 938 g/mol. The molecule has 19 heteroatoms. The number of urea groups is 1. The van der Waals surface area contributed by atoms with Gasteiger partial charge in [0, 0.05) is 86.7 Å². The highest BCUT2D eigenvalue weighted by Gasteiger charge is 2.28. The van der Waals surface area contributed by atoms with Gasteiger partial charge < -0.3 is 51.0 Å². The molecule has 1 aliphatic rings. The molecule has 1 fully saturated rings. The number of primary amides is 1. The van der Waals surface area contributed by atoms with Gasteiger partial charge in [-0.05, 0) is 66.3 Å². The lowest BCUT2D eigenvalue weighted by Gasteiger charge is -2.34. The predicted octanol–water partition coefficient (Wildman–Crippen LogP) is 6.46. The summed E-state index contributed by atoms with van der Waals surface area (Å²) in [5.41, 5.74) is 14.5. The van der Waals surface area contributed by atoms with E-state index in [0.717, 1.165) is 5.56 Å². The third kappa shape index (κ3) is 12.5. The number of piperazine rings is 1. The number of ether oxygens (including phenoxy) is 3. The van der Waals surface area contributed by atoms with Crippen molar-refractivity contribution in [1.82, 2.24) is 20.1 Å². The number of nitrogens with two attached hydrogens (primary N) is 2. The number of aliphatic carboxylic acids is 1. The lowest BCUT2D eigenvalue weighted by Crippen LogP contribution is -2.50. The van der Waals surface area contributed by atoms with Gasteiger partial charge in [-0.2, -0.15) is 0 Å². The molecular formula is C48H59N9O9S. The second-order valence-electron chi connectivity index (χ2n) is 17.0. The van der Waals surface area contributed by atoms with Crippen LogP contribution in [-0.2, 0) is 26.0 Å². The minimum Gasteiger partial charge on any atom is -0.496 e. The molecule has 0 spiro atoms. The Morgan fingerprint density at radius 1 is 0.910 bits per heavy atom. The van der Waals surface area contributed by atoms with E-state index >= 15 is 0 Å². The second-order valence-corrected chi connectivity index (χ2v) is 18.1. The maximum absolute atomic E-state index is 13.4. The molecule has 1 unspecified atom stereocenters. The molecule has 6 rings (SSSR count). The number of pyridine rings is 1. The van der Waals surface area contributed by atoms with Crippen LogP contribution in [0.25, 0.3) is 10.8 Å². The summed E-state index contributed by atoms with van der Waals surface area (Å²) in [4.78, 5) is 60.0. The number of methoxy groups -OCH3 is 2. The van der Waals surface area contributed by atoms with Gasteiger partial charge in [0.05, 0.1) is 36.8 Å². The van der Waals surface area contributed by atoms with E-state index in [1.807, 2.05) is 57.2 Å². The standard InChI is InChI=1S/C48H59N9O9S/c1-48(2,3)30-26-37(54-67(6)63)44(65-5)39(27-30)57(47(50)62)38-16-17-40(34-11-8-7-10-33(34)38)66-32-18-19-51-42(29-32)53-31-14-15-35(41(28-31)64-4)45(59)52-20-21-55-22-24-56(25-23-55)43(58)13-9-12-36(49)46(60)61/h7-8,10-11,14-19,26-29,36,54H,9,12-13,20-25,49H2,1-6H3,(H2,50,62)(H,51,53)(H,52,59)(H,60,61)/t36-,67?/m0/s1. The van der Waals surface area contributed by atoms with Crippen molar-refractivity contribution in [1.29, 1.82) is 0 Å². The van der Waals surface area contributed by atoms with E-state index in [2.05, 4.69) is 25.2 Å². The van der Waals surface area contributed by atoms with E-state index in [9.17, 15) is 23.4 Å². The van der Waals surface area contributed by atoms with E-state index < -0.39 is 29.0 Å². The maximum atomic E-state index is 13.4. The number of hydrogen-bond acceptors (Lipinski definition) is 12. The molecule has 0 aliphatic carbocycles. The molecule has 8 N–H and O–H groups in total. The van der Waals surface area contributed by atoms with Gasteiger partial charge in [0.15, 0.2) is 5.75 Å². The maximum Gasteiger partial charge on any atom is 0.324 e. The summed E-state index contributed by atoms with van der Waals surface area (Å²) in [6, 6.07) is 21.6. The fourth-order valence-electron chi connectivity index (χ4n) is 7.74. The third-order valence-electron chi connectivity index (χ3n) is 11.3. The molecule has 0 saturated carbocycles. The number of benzene rings is 4. The van der Waals surface area contributed by atoms with Crippen molar-refractivity contribution in [3.05, 3.63) is 96.2 Å². The van der Waals surface area contributed by atoms with Crippen LogP contribution in [0.4, 0.5) is 33.4 Å². The third-order valence-corrected chi connectivity index (χ3v) is 11.8. The minimum absolute atomic E-state index is 0.0121. The predicted molar refractivity (Wildman–Crippen MR) is 260 cm³/mol. The Labute approximate surface area is 392 Å². The Balaban J connectivity index is 1.11. The van der Waals surface area contributed by atoms with Crippen LogP contribution in [0.1, 0.15) is 56.0 Å². The number of anilines is 5. The molecule has 1 aliphatic heterocycles. The molecule has 1 saturated heterocycles. The fourth-order valence-corrected chi connectivity index (χ4v) is 8.20.